The van der Waals surface area contributed by atoms with Gasteiger partial charge in [-0.3, -0.25) is 4.79 Å². The van der Waals surface area contributed by atoms with Crippen LogP contribution in [0.25, 0.3) is 0 Å². The number of halogens is 1. The van der Waals surface area contributed by atoms with Gasteiger partial charge in [0.1, 0.15) is 0 Å². The molecule has 0 radical (unpaired) electrons. The van der Waals surface area contributed by atoms with E-state index in [4.69, 9.17) is 4.52 Å². The van der Waals surface area contributed by atoms with E-state index >= 15 is 0 Å². The van der Waals surface area contributed by atoms with E-state index in [1.807, 2.05) is 14.0 Å². The summed E-state index contributed by atoms with van der Waals surface area (Å²) >= 11 is 3.54. The highest BCUT2D eigenvalue weighted by Crippen LogP contribution is 2.33. The predicted molar refractivity (Wildman–Crippen MR) is 63.6 cm³/mol. The molecule has 0 saturated heterocycles. The number of aromatic nitrogens is 1. The minimum absolute atomic E-state index is 0.0846. The summed E-state index contributed by atoms with van der Waals surface area (Å²) in [6.45, 7) is 2.60. The summed E-state index contributed by atoms with van der Waals surface area (Å²) in [4.78, 5) is 14.2. The van der Waals surface area contributed by atoms with Gasteiger partial charge in [0, 0.05) is 24.5 Å². The number of nitrogens with zero attached hydrogens (tertiary/aromatic N) is 2. The third-order valence-electron chi connectivity index (χ3n) is 2.90. The highest BCUT2D eigenvalue weighted by molar-refractivity contribution is 9.09. The molecule has 0 bridgehead atoms. The van der Waals surface area contributed by atoms with Gasteiger partial charge < -0.3 is 9.42 Å². The fraction of sp³-hybridized carbons (Fsp3) is 0.636. The van der Waals surface area contributed by atoms with Gasteiger partial charge in [-0.25, -0.2) is 0 Å². The van der Waals surface area contributed by atoms with Gasteiger partial charge in [-0.2, -0.15) is 0 Å². The minimum atomic E-state index is -0.0846. The lowest BCUT2D eigenvalue weighted by molar-refractivity contribution is 0.0707. The first-order chi connectivity index (χ1) is 7.56. The third-order valence-corrected chi connectivity index (χ3v) is 3.64. The highest BCUT2D eigenvalue weighted by Gasteiger charge is 2.29. The molecule has 88 valence electrons. The van der Waals surface area contributed by atoms with Crippen molar-refractivity contribution in [1.29, 1.82) is 0 Å². The molecule has 1 aromatic rings. The van der Waals surface area contributed by atoms with Crippen LogP contribution in [-0.2, 0) is 0 Å². The van der Waals surface area contributed by atoms with Crippen molar-refractivity contribution in [1.82, 2.24) is 10.1 Å². The molecule has 1 aliphatic carbocycles. The van der Waals surface area contributed by atoms with Gasteiger partial charge in [0.2, 0.25) is 5.76 Å². The van der Waals surface area contributed by atoms with Crippen LogP contribution < -0.4 is 0 Å². The van der Waals surface area contributed by atoms with Crippen LogP contribution >= 0.6 is 15.9 Å². The van der Waals surface area contributed by atoms with Crippen molar-refractivity contribution in [2.24, 2.45) is 5.92 Å². The second kappa shape index (κ2) is 4.57. The van der Waals surface area contributed by atoms with Crippen LogP contribution in [0.3, 0.4) is 0 Å². The molecule has 0 N–H and O–H groups in total. The van der Waals surface area contributed by atoms with Gasteiger partial charge in [-0.05, 0) is 25.7 Å². The Morgan fingerprint density at radius 1 is 1.69 bits per heavy atom. The molecule has 1 aliphatic rings. The standard InChI is InChI=1S/C11H15BrN2O2/c1-7-3-10(16-13-7)11(15)14(2)6-8-4-9(12)5-8/h3,8-9H,4-6H2,1-2H3. The van der Waals surface area contributed by atoms with Crippen LogP contribution in [0.1, 0.15) is 29.1 Å². The van der Waals surface area contributed by atoms with Crippen molar-refractivity contribution in [3.63, 3.8) is 0 Å². The smallest absolute Gasteiger partial charge is 0.292 e. The number of carbonyl (C=O) groups is 1. The molecule has 0 spiro atoms. The van der Waals surface area contributed by atoms with E-state index in [1.165, 1.54) is 0 Å². The van der Waals surface area contributed by atoms with Crippen molar-refractivity contribution >= 4 is 21.8 Å². The van der Waals surface area contributed by atoms with Gasteiger partial charge in [-0.1, -0.05) is 21.1 Å². The number of hydrogen-bond donors (Lipinski definition) is 0. The molecule has 1 saturated carbocycles. The number of rotatable bonds is 3. The lowest BCUT2D eigenvalue weighted by Gasteiger charge is -2.34. The van der Waals surface area contributed by atoms with Crippen molar-refractivity contribution in [2.45, 2.75) is 24.6 Å². The molecule has 1 fully saturated rings. The number of amides is 1. The molecule has 1 aromatic heterocycles. The first-order valence-corrected chi connectivity index (χ1v) is 6.30. The van der Waals surface area contributed by atoms with E-state index in [1.54, 1.807) is 11.0 Å². The Hall–Kier alpha value is -0.840. The van der Waals surface area contributed by atoms with Crippen molar-refractivity contribution in [2.75, 3.05) is 13.6 Å². The molecule has 16 heavy (non-hydrogen) atoms. The van der Waals surface area contributed by atoms with Gasteiger partial charge in [0.05, 0.1) is 5.69 Å². The number of alkyl halides is 1. The first kappa shape index (κ1) is 11.6. The van der Waals surface area contributed by atoms with E-state index < -0.39 is 0 Å². The average molecular weight is 287 g/mol. The van der Waals surface area contributed by atoms with Crippen molar-refractivity contribution in [3.8, 4) is 0 Å². The highest BCUT2D eigenvalue weighted by atomic mass is 79.9. The maximum Gasteiger partial charge on any atom is 0.292 e. The summed E-state index contributed by atoms with van der Waals surface area (Å²) in [6, 6.07) is 1.67. The van der Waals surface area contributed by atoms with Crippen LogP contribution in [0.4, 0.5) is 0 Å². The monoisotopic (exact) mass is 286 g/mol. The Balaban J connectivity index is 1.89. The maximum absolute atomic E-state index is 11.9. The summed E-state index contributed by atoms with van der Waals surface area (Å²) in [5, 5.41) is 3.72. The molecule has 5 heteroatoms. The topological polar surface area (TPSA) is 46.3 Å². The second-order valence-corrected chi connectivity index (χ2v) is 5.75. The zero-order valence-corrected chi connectivity index (χ0v) is 11.0. The average Bonchev–Trinajstić information content (AvgIpc) is 2.61. The zero-order chi connectivity index (χ0) is 11.7. The lowest BCUT2D eigenvalue weighted by atomic mass is 9.85. The molecule has 0 aromatic carbocycles. The quantitative estimate of drug-likeness (QED) is 0.801. The van der Waals surface area contributed by atoms with E-state index in [0.29, 0.717) is 16.5 Å². The normalized spacial score (nSPS) is 23.9. The van der Waals surface area contributed by atoms with Gasteiger partial charge in [-0.15, -0.1) is 0 Å². The summed E-state index contributed by atoms with van der Waals surface area (Å²) in [5.74, 6) is 0.857. The first-order valence-electron chi connectivity index (χ1n) is 5.39. The fourth-order valence-corrected chi connectivity index (χ4v) is 2.98. The zero-order valence-electron chi connectivity index (χ0n) is 9.44. The molecule has 1 amide bonds. The fourth-order valence-electron chi connectivity index (χ4n) is 1.93. The largest absolute Gasteiger partial charge is 0.351 e. The lowest BCUT2D eigenvalue weighted by Crippen LogP contribution is -2.37. The third kappa shape index (κ3) is 2.45. The second-order valence-electron chi connectivity index (χ2n) is 4.45. The minimum Gasteiger partial charge on any atom is -0.351 e. The van der Waals surface area contributed by atoms with Gasteiger partial charge in [0.25, 0.3) is 5.91 Å². The van der Waals surface area contributed by atoms with Crippen molar-refractivity contribution in [3.05, 3.63) is 17.5 Å². The molecular formula is C11H15BrN2O2. The summed E-state index contributed by atoms with van der Waals surface area (Å²) in [7, 11) is 1.81. The van der Waals surface area contributed by atoms with Crippen LogP contribution in [-0.4, -0.2) is 34.4 Å². The van der Waals surface area contributed by atoms with Gasteiger partial charge in [0.15, 0.2) is 0 Å². The van der Waals surface area contributed by atoms with E-state index in [-0.39, 0.29) is 5.91 Å². The van der Waals surface area contributed by atoms with Crippen LogP contribution in [0, 0.1) is 12.8 Å². The molecule has 0 unspecified atom stereocenters. The Bertz CT molecular complexity index is 385. The Labute approximate surface area is 103 Å². The van der Waals surface area contributed by atoms with E-state index in [9.17, 15) is 4.79 Å². The summed E-state index contributed by atoms with van der Waals surface area (Å²) in [5.41, 5.74) is 0.737. The number of carbonyl (C=O) groups excluding carboxylic acids is 1. The molecule has 1 heterocycles. The summed E-state index contributed by atoms with van der Waals surface area (Å²) < 4.78 is 4.95. The van der Waals surface area contributed by atoms with Crippen LogP contribution in [0.5, 0.6) is 0 Å². The Morgan fingerprint density at radius 3 is 2.88 bits per heavy atom. The molecule has 4 nitrogen and oxygen atoms in total. The maximum atomic E-state index is 11.9. The van der Waals surface area contributed by atoms with E-state index in [0.717, 1.165) is 25.1 Å². The van der Waals surface area contributed by atoms with Crippen LogP contribution in [0.2, 0.25) is 0 Å². The Morgan fingerprint density at radius 2 is 2.38 bits per heavy atom. The Kier molecular flexibility index (Phi) is 3.33. The molecular weight excluding hydrogens is 272 g/mol. The molecule has 2 rings (SSSR count). The predicted octanol–water partition coefficient (Wildman–Crippen LogP) is 2.23. The number of hydrogen-bond acceptors (Lipinski definition) is 3. The molecule has 0 aliphatic heterocycles. The summed E-state index contributed by atoms with van der Waals surface area (Å²) in [6.07, 6.45) is 2.29. The van der Waals surface area contributed by atoms with Crippen molar-refractivity contribution < 1.29 is 9.32 Å². The SMILES string of the molecule is Cc1cc(C(=O)N(C)CC2CC(Br)C2)on1. The van der Waals surface area contributed by atoms with Gasteiger partial charge >= 0.3 is 0 Å². The molecule has 0 atom stereocenters. The van der Waals surface area contributed by atoms with Crippen LogP contribution in [0.15, 0.2) is 10.6 Å². The van der Waals surface area contributed by atoms with E-state index in [2.05, 4.69) is 21.1 Å². The number of aryl methyl sites for hydroxylation is 1.